The summed E-state index contributed by atoms with van der Waals surface area (Å²) in [6.07, 6.45) is 1.42. The molecule has 0 aliphatic heterocycles. The second kappa shape index (κ2) is 6.77. The SMILES string of the molecule is C[C@H](CN(C)C(=O)c1cn(C)nc1-c1ccc(F)cc1F)C(=O)O. The number of rotatable bonds is 5. The Morgan fingerprint density at radius 3 is 2.62 bits per heavy atom. The highest BCUT2D eigenvalue weighted by Crippen LogP contribution is 2.26. The Hall–Kier alpha value is -2.77. The highest BCUT2D eigenvalue weighted by Gasteiger charge is 2.24. The van der Waals surface area contributed by atoms with E-state index in [1.54, 1.807) is 7.05 Å². The molecule has 1 amide bonds. The van der Waals surface area contributed by atoms with Crippen molar-refractivity contribution in [1.29, 1.82) is 0 Å². The van der Waals surface area contributed by atoms with Gasteiger partial charge < -0.3 is 10.0 Å². The number of aromatic nitrogens is 2. The number of aryl methyl sites for hydroxylation is 1. The lowest BCUT2D eigenvalue weighted by molar-refractivity contribution is -0.141. The van der Waals surface area contributed by atoms with E-state index in [2.05, 4.69) is 5.10 Å². The molecular formula is C16H17F2N3O3. The summed E-state index contributed by atoms with van der Waals surface area (Å²) in [4.78, 5) is 24.7. The Morgan fingerprint density at radius 2 is 2.04 bits per heavy atom. The topological polar surface area (TPSA) is 75.4 Å². The van der Waals surface area contributed by atoms with Gasteiger partial charge in [-0.2, -0.15) is 5.10 Å². The average molecular weight is 337 g/mol. The molecule has 0 radical (unpaired) electrons. The molecule has 1 heterocycles. The molecule has 1 aromatic heterocycles. The maximum atomic E-state index is 14.0. The molecule has 2 aromatic rings. The minimum atomic E-state index is -1.02. The first-order chi connectivity index (χ1) is 11.2. The minimum Gasteiger partial charge on any atom is -0.481 e. The number of aliphatic carboxylic acids is 1. The van der Waals surface area contributed by atoms with Crippen LogP contribution in [0.25, 0.3) is 11.3 Å². The van der Waals surface area contributed by atoms with Crippen LogP contribution in [0.4, 0.5) is 8.78 Å². The molecule has 0 spiro atoms. The summed E-state index contributed by atoms with van der Waals surface area (Å²) in [6, 6.07) is 3.01. The quantitative estimate of drug-likeness (QED) is 0.907. The van der Waals surface area contributed by atoms with E-state index in [-0.39, 0.29) is 23.4 Å². The summed E-state index contributed by atoms with van der Waals surface area (Å²) in [5.74, 6) is -3.82. The van der Waals surface area contributed by atoms with Crippen molar-refractivity contribution < 1.29 is 23.5 Å². The zero-order valence-corrected chi connectivity index (χ0v) is 13.5. The van der Waals surface area contributed by atoms with Gasteiger partial charge in [-0.1, -0.05) is 6.92 Å². The first-order valence-electron chi connectivity index (χ1n) is 7.18. The highest BCUT2D eigenvalue weighted by atomic mass is 19.1. The maximum absolute atomic E-state index is 14.0. The van der Waals surface area contributed by atoms with E-state index in [1.165, 1.54) is 35.8 Å². The van der Waals surface area contributed by atoms with Crippen LogP contribution in [0.5, 0.6) is 0 Å². The van der Waals surface area contributed by atoms with Crippen molar-refractivity contribution in [2.24, 2.45) is 13.0 Å². The number of amides is 1. The number of halogens is 2. The molecular weight excluding hydrogens is 320 g/mol. The number of carboxylic acids is 1. The second-order valence-electron chi connectivity index (χ2n) is 5.61. The Bertz CT molecular complexity index is 789. The predicted molar refractivity (Wildman–Crippen MR) is 82.3 cm³/mol. The van der Waals surface area contributed by atoms with Crippen LogP contribution in [0.1, 0.15) is 17.3 Å². The lowest BCUT2D eigenvalue weighted by Crippen LogP contribution is -2.33. The summed E-state index contributed by atoms with van der Waals surface area (Å²) in [5.41, 5.74) is 0.193. The van der Waals surface area contributed by atoms with Gasteiger partial charge in [-0.25, -0.2) is 8.78 Å². The molecule has 0 fully saturated rings. The van der Waals surface area contributed by atoms with Gasteiger partial charge in [-0.05, 0) is 12.1 Å². The lowest BCUT2D eigenvalue weighted by atomic mass is 10.1. The summed E-state index contributed by atoms with van der Waals surface area (Å²) < 4.78 is 28.4. The molecule has 0 unspecified atom stereocenters. The molecule has 1 aromatic carbocycles. The molecule has 6 nitrogen and oxygen atoms in total. The molecule has 0 aliphatic carbocycles. The predicted octanol–water partition coefficient (Wildman–Crippen LogP) is 2.16. The fourth-order valence-electron chi connectivity index (χ4n) is 2.30. The van der Waals surface area contributed by atoms with Gasteiger partial charge in [-0.3, -0.25) is 14.3 Å². The molecule has 128 valence electrons. The van der Waals surface area contributed by atoms with Crippen molar-refractivity contribution in [3.8, 4) is 11.3 Å². The number of nitrogens with zero attached hydrogens (tertiary/aromatic N) is 3. The Kier molecular flexibility index (Phi) is 4.96. The van der Waals surface area contributed by atoms with Crippen LogP contribution >= 0.6 is 0 Å². The van der Waals surface area contributed by atoms with Crippen LogP contribution in [0.15, 0.2) is 24.4 Å². The lowest BCUT2D eigenvalue weighted by Gasteiger charge is -2.19. The van der Waals surface area contributed by atoms with E-state index in [1.807, 2.05) is 0 Å². The van der Waals surface area contributed by atoms with Crippen molar-refractivity contribution >= 4 is 11.9 Å². The van der Waals surface area contributed by atoms with E-state index in [4.69, 9.17) is 5.11 Å². The van der Waals surface area contributed by atoms with Gasteiger partial charge in [0.15, 0.2) is 0 Å². The van der Waals surface area contributed by atoms with Gasteiger partial charge in [-0.15, -0.1) is 0 Å². The number of hydrogen-bond acceptors (Lipinski definition) is 3. The number of hydrogen-bond donors (Lipinski definition) is 1. The van der Waals surface area contributed by atoms with Crippen molar-refractivity contribution in [2.75, 3.05) is 13.6 Å². The first-order valence-corrected chi connectivity index (χ1v) is 7.18. The summed E-state index contributed by atoms with van der Waals surface area (Å²) in [5, 5.41) is 13.0. The summed E-state index contributed by atoms with van der Waals surface area (Å²) in [7, 11) is 3.03. The molecule has 0 aliphatic rings. The second-order valence-corrected chi connectivity index (χ2v) is 5.61. The Morgan fingerprint density at radius 1 is 1.38 bits per heavy atom. The number of carboxylic acid groups (broad SMARTS) is 1. The van der Waals surface area contributed by atoms with Crippen LogP contribution in [-0.2, 0) is 11.8 Å². The summed E-state index contributed by atoms with van der Waals surface area (Å²) >= 11 is 0. The maximum Gasteiger partial charge on any atom is 0.308 e. The zero-order valence-electron chi connectivity index (χ0n) is 13.5. The van der Waals surface area contributed by atoms with Crippen LogP contribution in [0.3, 0.4) is 0 Å². The van der Waals surface area contributed by atoms with Crippen molar-refractivity contribution in [2.45, 2.75) is 6.92 Å². The summed E-state index contributed by atoms with van der Waals surface area (Å²) in [6.45, 7) is 1.48. The number of carbonyl (C=O) groups excluding carboxylic acids is 1. The molecule has 0 saturated heterocycles. The molecule has 1 N–H and O–H groups in total. The van der Waals surface area contributed by atoms with Gasteiger partial charge in [0.25, 0.3) is 5.91 Å². The van der Waals surface area contributed by atoms with Crippen LogP contribution in [0, 0.1) is 17.6 Å². The van der Waals surface area contributed by atoms with E-state index >= 15 is 0 Å². The smallest absolute Gasteiger partial charge is 0.308 e. The third kappa shape index (κ3) is 3.58. The average Bonchev–Trinajstić information content (AvgIpc) is 2.87. The number of benzene rings is 1. The van der Waals surface area contributed by atoms with Gasteiger partial charge >= 0.3 is 5.97 Å². The van der Waals surface area contributed by atoms with Crippen LogP contribution in [0.2, 0.25) is 0 Å². The van der Waals surface area contributed by atoms with Crippen molar-refractivity contribution in [3.05, 3.63) is 41.6 Å². The molecule has 1 atom stereocenters. The monoisotopic (exact) mass is 337 g/mol. The molecule has 0 saturated carbocycles. The third-order valence-corrected chi connectivity index (χ3v) is 3.56. The van der Waals surface area contributed by atoms with E-state index < -0.39 is 29.4 Å². The van der Waals surface area contributed by atoms with E-state index in [0.717, 1.165) is 6.07 Å². The Labute approximate surface area is 137 Å². The van der Waals surface area contributed by atoms with E-state index in [9.17, 15) is 18.4 Å². The van der Waals surface area contributed by atoms with Gasteiger partial charge in [0.2, 0.25) is 0 Å². The molecule has 2 rings (SSSR count). The van der Waals surface area contributed by atoms with Crippen LogP contribution < -0.4 is 0 Å². The minimum absolute atomic E-state index is 0.0000306. The van der Waals surface area contributed by atoms with Crippen molar-refractivity contribution in [3.63, 3.8) is 0 Å². The fourth-order valence-corrected chi connectivity index (χ4v) is 2.30. The molecule has 24 heavy (non-hydrogen) atoms. The van der Waals surface area contributed by atoms with Crippen LogP contribution in [-0.4, -0.2) is 45.3 Å². The Balaban J connectivity index is 2.38. The van der Waals surface area contributed by atoms with Crippen molar-refractivity contribution in [1.82, 2.24) is 14.7 Å². The molecule has 0 bridgehead atoms. The highest BCUT2D eigenvalue weighted by molar-refractivity contribution is 5.99. The van der Waals surface area contributed by atoms with Gasteiger partial charge in [0.1, 0.15) is 17.3 Å². The first kappa shape index (κ1) is 17.6. The fraction of sp³-hybridized carbons (Fsp3) is 0.312. The largest absolute Gasteiger partial charge is 0.481 e. The molecule has 8 heteroatoms. The zero-order chi connectivity index (χ0) is 18.0. The normalized spacial score (nSPS) is 12.0. The number of carbonyl (C=O) groups is 2. The van der Waals surface area contributed by atoms with Gasteiger partial charge in [0.05, 0.1) is 11.5 Å². The van der Waals surface area contributed by atoms with Gasteiger partial charge in [0, 0.05) is 38.5 Å². The van der Waals surface area contributed by atoms with E-state index in [0.29, 0.717) is 6.07 Å². The third-order valence-electron chi connectivity index (χ3n) is 3.56. The standard InChI is InChI=1S/C16H17F2N3O3/c1-9(16(23)24)7-20(2)15(22)12-8-21(3)19-14(12)11-5-4-10(17)6-13(11)18/h4-6,8-9H,7H2,1-3H3,(H,23,24)/t9-/m1/s1.